The summed E-state index contributed by atoms with van der Waals surface area (Å²) in [5.41, 5.74) is 1.94. The number of carbonyl (C=O) groups excluding carboxylic acids is 1. The van der Waals surface area contributed by atoms with Gasteiger partial charge in [0, 0.05) is 77.1 Å². The van der Waals surface area contributed by atoms with Crippen molar-refractivity contribution in [3.8, 4) is 0 Å². The van der Waals surface area contributed by atoms with Crippen LogP contribution in [0.5, 0.6) is 0 Å². The number of hydrogen-bond donors (Lipinski definition) is 1. The smallest absolute Gasteiger partial charge is 0.252 e. The molecule has 1 amide bonds. The second-order valence-corrected chi connectivity index (χ2v) is 7.88. The molecule has 0 aliphatic carbocycles. The van der Waals surface area contributed by atoms with E-state index in [4.69, 9.17) is 4.98 Å². The monoisotopic (exact) mass is 410 g/mol. The number of aromatic nitrogens is 2. The van der Waals surface area contributed by atoms with Crippen molar-refractivity contribution in [2.24, 2.45) is 0 Å². The second-order valence-electron chi connectivity index (χ2n) is 7.88. The van der Waals surface area contributed by atoms with Crippen molar-refractivity contribution in [3.05, 3.63) is 52.4 Å². The number of anilines is 2. The first-order valence-corrected chi connectivity index (χ1v) is 10.8. The predicted octanol–water partition coefficient (Wildman–Crippen LogP) is 1.15. The first-order chi connectivity index (χ1) is 14.6. The molecule has 0 radical (unpaired) electrons. The van der Waals surface area contributed by atoms with E-state index in [0.29, 0.717) is 45.1 Å². The van der Waals surface area contributed by atoms with Gasteiger partial charge in [-0.1, -0.05) is 25.1 Å². The van der Waals surface area contributed by atoms with Gasteiger partial charge in [0.05, 0.1) is 5.69 Å². The zero-order chi connectivity index (χ0) is 20.9. The Balaban J connectivity index is 1.35. The molecule has 2 aliphatic heterocycles. The van der Waals surface area contributed by atoms with Crippen molar-refractivity contribution >= 4 is 17.5 Å². The number of piperazine rings is 2. The van der Waals surface area contributed by atoms with Crippen LogP contribution in [0.2, 0.25) is 0 Å². The normalized spacial score (nSPS) is 18.0. The van der Waals surface area contributed by atoms with Crippen LogP contribution in [0.25, 0.3) is 0 Å². The lowest BCUT2D eigenvalue weighted by Crippen LogP contribution is -2.49. The van der Waals surface area contributed by atoms with Gasteiger partial charge < -0.3 is 14.7 Å². The van der Waals surface area contributed by atoms with E-state index < -0.39 is 0 Å². The van der Waals surface area contributed by atoms with Crippen LogP contribution in [-0.2, 0) is 11.3 Å². The van der Waals surface area contributed by atoms with E-state index in [1.807, 2.05) is 17.9 Å². The number of amides is 1. The zero-order valence-corrected chi connectivity index (χ0v) is 17.6. The highest BCUT2D eigenvalue weighted by molar-refractivity contribution is 5.76. The summed E-state index contributed by atoms with van der Waals surface area (Å²) in [5, 5.41) is 0. The van der Waals surface area contributed by atoms with Gasteiger partial charge in [-0.2, -0.15) is 0 Å². The summed E-state index contributed by atoms with van der Waals surface area (Å²) in [4.78, 5) is 40.4. The van der Waals surface area contributed by atoms with Gasteiger partial charge in [0.25, 0.3) is 5.56 Å². The Kier molecular flexibility index (Phi) is 6.32. The molecule has 0 spiro atoms. The molecule has 1 N–H and O–H groups in total. The molecule has 1 aromatic heterocycles. The Morgan fingerprint density at radius 3 is 2.30 bits per heavy atom. The zero-order valence-electron chi connectivity index (χ0n) is 17.6. The molecule has 1 aromatic carbocycles. The Labute approximate surface area is 177 Å². The summed E-state index contributed by atoms with van der Waals surface area (Å²) in [6, 6.07) is 12.1. The van der Waals surface area contributed by atoms with Crippen LogP contribution in [-0.4, -0.2) is 78.0 Å². The molecule has 0 atom stereocenters. The minimum atomic E-state index is -0.120. The lowest BCUT2D eigenvalue weighted by Gasteiger charge is -2.36. The highest BCUT2D eigenvalue weighted by Gasteiger charge is 2.22. The third-order valence-electron chi connectivity index (χ3n) is 5.90. The van der Waals surface area contributed by atoms with E-state index >= 15 is 0 Å². The molecule has 3 heterocycles. The number of nitrogens with one attached hydrogen (secondary N) is 1. The minimum absolute atomic E-state index is 0.120. The Bertz CT molecular complexity index is 899. The maximum Gasteiger partial charge on any atom is 0.252 e. The molecular formula is C22H30N6O2. The molecule has 2 aliphatic rings. The summed E-state index contributed by atoms with van der Waals surface area (Å²) >= 11 is 0. The van der Waals surface area contributed by atoms with Crippen molar-refractivity contribution in [1.29, 1.82) is 0 Å². The van der Waals surface area contributed by atoms with Gasteiger partial charge in [-0.15, -0.1) is 0 Å². The van der Waals surface area contributed by atoms with Crippen molar-refractivity contribution in [2.75, 3.05) is 62.2 Å². The van der Waals surface area contributed by atoms with Gasteiger partial charge in [0.1, 0.15) is 0 Å². The molecule has 0 unspecified atom stereocenters. The van der Waals surface area contributed by atoms with Crippen LogP contribution in [0.3, 0.4) is 0 Å². The Morgan fingerprint density at radius 2 is 1.63 bits per heavy atom. The van der Waals surface area contributed by atoms with Crippen LogP contribution < -0.4 is 15.4 Å². The standard InChI is InChI=1S/C22H30N6O2/c1-2-21(30)27-12-14-28(15-13-27)22-23-18(16-20(29)24-22)17-25-8-10-26(11-9-25)19-6-4-3-5-7-19/h3-7,16H,2,8-15,17H2,1H3,(H,23,24,29). The maximum atomic E-state index is 12.2. The molecule has 30 heavy (non-hydrogen) atoms. The predicted molar refractivity (Wildman–Crippen MR) is 118 cm³/mol. The van der Waals surface area contributed by atoms with Crippen LogP contribution in [0.4, 0.5) is 11.6 Å². The SMILES string of the molecule is CCC(=O)N1CCN(c2nc(CN3CCN(c4ccccc4)CC3)cc(=O)[nH]2)CC1. The van der Waals surface area contributed by atoms with E-state index in [9.17, 15) is 9.59 Å². The number of benzene rings is 1. The van der Waals surface area contributed by atoms with E-state index in [-0.39, 0.29) is 11.5 Å². The molecule has 0 bridgehead atoms. The van der Waals surface area contributed by atoms with Crippen molar-refractivity contribution in [2.45, 2.75) is 19.9 Å². The number of rotatable bonds is 5. The average molecular weight is 411 g/mol. The molecule has 8 heteroatoms. The fourth-order valence-corrected chi connectivity index (χ4v) is 4.15. The van der Waals surface area contributed by atoms with Gasteiger partial charge in [-0.05, 0) is 12.1 Å². The van der Waals surface area contributed by atoms with Crippen molar-refractivity contribution in [1.82, 2.24) is 19.8 Å². The van der Waals surface area contributed by atoms with Crippen LogP contribution in [0, 0.1) is 0 Å². The van der Waals surface area contributed by atoms with Crippen LogP contribution in [0.15, 0.2) is 41.2 Å². The molecule has 8 nitrogen and oxygen atoms in total. The molecule has 0 saturated carbocycles. The second kappa shape index (κ2) is 9.30. The molecule has 4 rings (SSSR count). The van der Waals surface area contributed by atoms with E-state index in [1.54, 1.807) is 6.07 Å². The Morgan fingerprint density at radius 1 is 0.967 bits per heavy atom. The van der Waals surface area contributed by atoms with Gasteiger partial charge in [0.15, 0.2) is 0 Å². The number of hydrogen-bond acceptors (Lipinski definition) is 6. The number of aromatic amines is 1. The third kappa shape index (κ3) is 4.81. The maximum absolute atomic E-state index is 12.2. The highest BCUT2D eigenvalue weighted by atomic mass is 16.2. The van der Waals surface area contributed by atoms with Crippen LogP contribution in [0.1, 0.15) is 19.0 Å². The van der Waals surface area contributed by atoms with Crippen molar-refractivity contribution < 1.29 is 4.79 Å². The molecular weight excluding hydrogens is 380 g/mol. The van der Waals surface area contributed by atoms with E-state index in [2.05, 4.69) is 43.9 Å². The average Bonchev–Trinajstić information content (AvgIpc) is 2.79. The van der Waals surface area contributed by atoms with E-state index in [1.165, 1.54) is 5.69 Å². The first kappa shape index (κ1) is 20.4. The van der Waals surface area contributed by atoms with Gasteiger partial charge in [-0.25, -0.2) is 4.98 Å². The third-order valence-corrected chi connectivity index (χ3v) is 5.90. The van der Waals surface area contributed by atoms with Gasteiger partial charge in [-0.3, -0.25) is 19.5 Å². The quantitative estimate of drug-likeness (QED) is 0.797. The summed E-state index contributed by atoms with van der Waals surface area (Å²) in [6.07, 6.45) is 0.530. The largest absolute Gasteiger partial charge is 0.369 e. The minimum Gasteiger partial charge on any atom is -0.369 e. The Hall–Kier alpha value is -2.87. The molecule has 2 fully saturated rings. The highest BCUT2D eigenvalue weighted by Crippen LogP contribution is 2.17. The van der Waals surface area contributed by atoms with Crippen molar-refractivity contribution in [3.63, 3.8) is 0 Å². The van der Waals surface area contributed by atoms with Gasteiger partial charge in [0.2, 0.25) is 11.9 Å². The van der Waals surface area contributed by atoms with E-state index in [0.717, 1.165) is 31.9 Å². The summed E-state index contributed by atoms with van der Waals surface area (Å²) < 4.78 is 0. The number of carbonyl (C=O) groups is 1. The molecule has 160 valence electrons. The molecule has 2 saturated heterocycles. The first-order valence-electron chi connectivity index (χ1n) is 10.8. The fraction of sp³-hybridized carbons (Fsp3) is 0.500. The summed E-state index contributed by atoms with van der Waals surface area (Å²) in [7, 11) is 0. The molecule has 2 aromatic rings. The fourth-order valence-electron chi connectivity index (χ4n) is 4.15. The number of para-hydroxylation sites is 1. The number of nitrogens with zero attached hydrogens (tertiary/aromatic N) is 5. The lowest BCUT2D eigenvalue weighted by molar-refractivity contribution is -0.131. The number of H-pyrrole nitrogens is 1. The van der Waals surface area contributed by atoms with Gasteiger partial charge >= 0.3 is 0 Å². The topological polar surface area (TPSA) is 75.8 Å². The lowest BCUT2D eigenvalue weighted by atomic mass is 10.2. The van der Waals surface area contributed by atoms with Crippen LogP contribution >= 0.6 is 0 Å². The summed E-state index contributed by atoms with van der Waals surface area (Å²) in [5.74, 6) is 0.795. The summed E-state index contributed by atoms with van der Waals surface area (Å²) in [6.45, 7) is 9.09.